The highest BCUT2D eigenvalue weighted by Gasteiger charge is 2.46. The Bertz CT molecular complexity index is 1470. The van der Waals surface area contributed by atoms with Crippen LogP contribution in [0, 0.1) is 5.92 Å². The van der Waals surface area contributed by atoms with Gasteiger partial charge in [-0.1, -0.05) is 55.2 Å². The number of hydrogen-bond donors (Lipinski definition) is 1. The first-order valence-corrected chi connectivity index (χ1v) is 14.0. The zero-order valence-electron chi connectivity index (χ0n) is 22.5. The van der Waals surface area contributed by atoms with Gasteiger partial charge >= 0.3 is 5.97 Å². The van der Waals surface area contributed by atoms with E-state index in [1.807, 2.05) is 37.5 Å². The van der Waals surface area contributed by atoms with Gasteiger partial charge in [0.25, 0.3) is 0 Å². The molecule has 0 saturated heterocycles. The molecule has 202 valence electrons. The second kappa shape index (κ2) is 10.7. The molecule has 8 nitrogen and oxygen atoms in total. The molecule has 1 N–H and O–H groups in total. The summed E-state index contributed by atoms with van der Waals surface area (Å²) in [6.45, 7) is 2.20. The molecule has 0 spiro atoms. The molecule has 2 aliphatic rings. The highest BCUT2D eigenvalue weighted by atomic mass is 16.5. The van der Waals surface area contributed by atoms with Gasteiger partial charge in [-0.2, -0.15) is 5.10 Å². The summed E-state index contributed by atoms with van der Waals surface area (Å²) in [5.74, 6) is 0.687. The van der Waals surface area contributed by atoms with E-state index in [4.69, 9.17) is 4.74 Å². The van der Waals surface area contributed by atoms with Gasteiger partial charge in [0.15, 0.2) is 0 Å². The smallest absolute Gasteiger partial charge is 0.339 e. The third-order valence-electron chi connectivity index (χ3n) is 8.32. The summed E-state index contributed by atoms with van der Waals surface area (Å²) in [5, 5.41) is 22.7. The molecule has 0 bridgehead atoms. The van der Waals surface area contributed by atoms with Gasteiger partial charge in [-0.25, -0.2) is 9.48 Å². The maximum atomic E-state index is 12.1. The minimum Gasteiger partial charge on any atom is -0.490 e. The molecule has 6 rings (SSSR count). The minimum atomic E-state index is -0.968. The number of ether oxygens (including phenoxy) is 1. The highest BCUT2D eigenvalue weighted by molar-refractivity contribution is 5.89. The first-order chi connectivity index (χ1) is 19.0. The predicted octanol–water partition coefficient (Wildman–Crippen LogP) is 6.37. The van der Waals surface area contributed by atoms with E-state index in [1.165, 1.54) is 44.7 Å². The monoisotopic (exact) mass is 525 g/mol. The summed E-state index contributed by atoms with van der Waals surface area (Å²) in [4.78, 5) is 12.1. The van der Waals surface area contributed by atoms with E-state index in [9.17, 15) is 9.90 Å². The molecular weight excluding hydrogens is 490 g/mol. The Labute approximate surface area is 228 Å². The fraction of sp³-hybridized carbons (Fsp3) is 0.419. The average Bonchev–Trinajstić information content (AvgIpc) is 3.52. The number of aromatic nitrogens is 5. The van der Waals surface area contributed by atoms with Crippen LogP contribution in [0.4, 0.5) is 0 Å². The van der Waals surface area contributed by atoms with E-state index in [0.29, 0.717) is 11.6 Å². The fourth-order valence-corrected chi connectivity index (χ4v) is 6.10. The molecule has 2 saturated carbocycles. The summed E-state index contributed by atoms with van der Waals surface area (Å²) in [7, 11) is 1.84. The summed E-state index contributed by atoms with van der Waals surface area (Å²) in [6.07, 6.45) is 12.1. The quantitative estimate of drug-likeness (QED) is 0.268. The summed E-state index contributed by atoms with van der Waals surface area (Å²) in [5.41, 5.74) is 4.75. The molecule has 3 atom stereocenters. The number of benzene rings is 2. The standard InChI is InChI=1S/C31H35N5O3/c1-20(21-9-5-3-4-6-10-21)39-25-14-8-12-23(16-25)22-11-7-13-24(15-22)36-30(28(18-32-36)31(37)38)27-17-26(27)29-19-35(2)34-33-29/h7-8,11-16,18-21,26-27H,3-6,9-10,17H2,1-2H3,(H,37,38)/t20?,26-,27-/m1/s1. The van der Waals surface area contributed by atoms with E-state index in [2.05, 4.69) is 46.6 Å². The Hall–Kier alpha value is -3.94. The Kier molecular flexibility index (Phi) is 6.94. The van der Waals surface area contributed by atoms with Crippen molar-refractivity contribution in [3.63, 3.8) is 0 Å². The first-order valence-electron chi connectivity index (χ1n) is 14.0. The number of aryl methyl sites for hydroxylation is 1. The highest BCUT2D eigenvalue weighted by Crippen LogP contribution is 2.55. The van der Waals surface area contributed by atoms with Crippen molar-refractivity contribution in [3.05, 3.63) is 77.9 Å². The zero-order valence-corrected chi connectivity index (χ0v) is 22.5. The molecule has 4 aromatic rings. The normalized spacial score (nSPS) is 20.4. The van der Waals surface area contributed by atoms with Crippen LogP contribution in [0.15, 0.2) is 60.9 Å². The van der Waals surface area contributed by atoms with E-state index in [0.717, 1.165) is 34.7 Å². The van der Waals surface area contributed by atoms with Gasteiger partial charge in [0.1, 0.15) is 11.3 Å². The van der Waals surface area contributed by atoms with Gasteiger partial charge in [0.2, 0.25) is 0 Å². The fourth-order valence-electron chi connectivity index (χ4n) is 6.10. The number of carboxylic acids is 1. The Morgan fingerprint density at radius 3 is 2.49 bits per heavy atom. The molecule has 2 aromatic carbocycles. The average molecular weight is 526 g/mol. The maximum absolute atomic E-state index is 12.1. The van der Waals surface area contributed by atoms with Crippen LogP contribution in [0.3, 0.4) is 0 Å². The van der Waals surface area contributed by atoms with Crippen molar-refractivity contribution in [2.24, 2.45) is 13.0 Å². The van der Waals surface area contributed by atoms with Crippen LogP contribution in [-0.4, -0.2) is 42.0 Å². The lowest BCUT2D eigenvalue weighted by Crippen LogP contribution is -2.23. The van der Waals surface area contributed by atoms with Crippen molar-refractivity contribution in [2.75, 3.05) is 0 Å². The van der Waals surface area contributed by atoms with Crippen molar-refractivity contribution in [1.82, 2.24) is 24.8 Å². The second-order valence-electron chi connectivity index (χ2n) is 11.1. The first kappa shape index (κ1) is 25.3. The van der Waals surface area contributed by atoms with E-state index >= 15 is 0 Å². The van der Waals surface area contributed by atoms with E-state index in [1.54, 1.807) is 9.36 Å². The third-order valence-corrected chi connectivity index (χ3v) is 8.32. The van der Waals surface area contributed by atoms with Crippen LogP contribution in [-0.2, 0) is 7.05 Å². The predicted molar refractivity (Wildman–Crippen MR) is 148 cm³/mol. The number of carbonyl (C=O) groups is 1. The summed E-state index contributed by atoms with van der Waals surface area (Å²) >= 11 is 0. The minimum absolute atomic E-state index is 0.0289. The molecule has 2 aromatic heterocycles. The number of hydrogen-bond acceptors (Lipinski definition) is 5. The van der Waals surface area contributed by atoms with Crippen LogP contribution < -0.4 is 4.74 Å². The largest absolute Gasteiger partial charge is 0.490 e. The number of carboxylic acid groups (broad SMARTS) is 1. The molecule has 2 aliphatic carbocycles. The molecule has 2 heterocycles. The molecule has 8 heteroatoms. The number of rotatable bonds is 8. The van der Waals surface area contributed by atoms with Gasteiger partial charge in [0, 0.05) is 25.1 Å². The Balaban J connectivity index is 1.26. The van der Waals surface area contributed by atoms with Crippen LogP contribution >= 0.6 is 0 Å². The van der Waals surface area contributed by atoms with Gasteiger partial charge in [-0.15, -0.1) is 5.10 Å². The van der Waals surface area contributed by atoms with Crippen LogP contribution in [0.2, 0.25) is 0 Å². The molecule has 0 radical (unpaired) electrons. The SMILES string of the molecule is CC(Oc1cccc(-c2cccc(-n3ncc(C(=O)O)c3[C@@H]3C[C@H]3c3cn(C)nn3)c2)c1)C1CCCCCC1. The number of nitrogens with zero attached hydrogens (tertiary/aromatic N) is 5. The van der Waals surface area contributed by atoms with Gasteiger partial charge in [-0.05, 0) is 67.5 Å². The molecule has 0 aliphatic heterocycles. The Morgan fingerprint density at radius 2 is 1.77 bits per heavy atom. The second-order valence-corrected chi connectivity index (χ2v) is 11.1. The molecule has 39 heavy (non-hydrogen) atoms. The van der Waals surface area contributed by atoms with Crippen molar-refractivity contribution in [3.8, 4) is 22.6 Å². The van der Waals surface area contributed by atoms with Crippen molar-refractivity contribution >= 4 is 5.97 Å². The van der Waals surface area contributed by atoms with E-state index in [-0.39, 0.29) is 23.5 Å². The number of aromatic carboxylic acids is 1. The Morgan fingerprint density at radius 1 is 1.03 bits per heavy atom. The van der Waals surface area contributed by atoms with E-state index < -0.39 is 5.97 Å². The maximum Gasteiger partial charge on any atom is 0.339 e. The molecular formula is C31H35N5O3. The lowest BCUT2D eigenvalue weighted by atomic mass is 9.95. The summed E-state index contributed by atoms with van der Waals surface area (Å²) in [6, 6.07) is 16.3. The topological polar surface area (TPSA) is 95.1 Å². The molecule has 2 fully saturated rings. The van der Waals surface area contributed by atoms with Gasteiger partial charge < -0.3 is 9.84 Å². The molecule has 1 unspecified atom stereocenters. The van der Waals surface area contributed by atoms with Crippen LogP contribution in [0.5, 0.6) is 5.75 Å². The zero-order chi connectivity index (χ0) is 26.9. The van der Waals surface area contributed by atoms with Crippen molar-refractivity contribution in [2.45, 2.75) is 69.8 Å². The van der Waals surface area contributed by atoms with Crippen LogP contribution in [0.1, 0.15) is 85.5 Å². The lowest BCUT2D eigenvalue weighted by Gasteiger charge is -2.24. The van der Waals surface area contributed by atoms with Crippen molar-refractivity contribution < 1.29 is 14.6 Å². The lowest BCUT2D eigenvalue weighted by molar-refractivity contribution is 0.0695. The van der Waals surface area contributed by atoms with Gasteiger partial charge in [-0.3, -0.25) is 4.68 Å². The summed E-state index contributed by atoms with van der Waals surface area (Å²) < 4.78 is 9.89. The molecule has 0 amide bonds. The van der Waals surface area contributed by atoms with Crippen molar-refractivity contribution in [1.29, 1.82) is 0 Å². The van der Waals surface area contributed by atoms with Gasteiger partial charge in [0.05, 0.1) is 29.4 Å². The van der Waals surface area contributed by atoms with Crippen LogP contribution in [0.25, 0.3) is 16.8 Å². The third kappa shape index (κ3) is 5.33.